The standard InChI is InChI=1S/C22H31NO9S/c1-6-30-20(26)17-15(11-12-31-33(28,29)14-9-7-13(2)8-10-14)16(17)18(19(24)25)23-21(27)32-22(3,4)5/h7-10,15-18H,6,11-12H2,1-5H3,(H,23,27)(H,24,25). The highest BCUT2D eigenvalue weighted by atomic mass is 32.2. The zero-order valence-electron chi connectivity index (χ0n) is 19.4. The number of benzene rings is 1. The van der Waals surface area contributed by atoms with Gasteiger partial charge in [-0.3, -0.25) is 8.98 Å². The molecule has 2 rings (SSSR count). The second-order valence-electron chi connectivity index (χ2n) is 8.86. The van der Waals surface area contributed by atoms with Gasteiger partial charge in [0, 0.05) is 5.92 Å². The van der Waals surface area contributed by atoms with Gasteiger partial charge in [-0.2, -0.15) is 8.42 Å². The fourth-order valence-corrected chi connectivity index (χ4v) is 4.54. The molecular weight excluding hydrogens is 454 g/mol. The monoisotopic (exact) mass is 485 g/mol. The third kappa shape index (κ3) is 7.43. The zero-order chi connectivity index (χ0) is 25.0. The minimum absolute atomic E-state index is 0.00241. The Morgan fingerprint density at radius 2 is 1.76 bits per heavy atom. The molecule has 1 amide bonds. The van der Waals surface area contributed by atoms with Crippen LogP contribution in [0.5, 0.6) is 0 Å². The van der Waals surface area contributed by atoms with Gasteiger partial charge >= 0.3 is 18.0 Å². The molecule has 0 spiro atoms. The highest BCUT2D eigenvalue weighted by Gasteiger charge is 2.61. The van der Waals surface area contributed by atoms with Crippen molar-refractivity contribution < 1.29 is 41.6 Å². The van der Waals surface area contributed by atoms with Gasteiger partial charge < -0.3 is 19.9 Å². The van der Waals surface area contributed by atoms with Crippen LogP contribution >= 0.6 is 0 Å². The van der Waals surface area contributed by atoms with E-state index >= 15 is 0 Å². The van der Waals surface area contributed by atoms with Gasteiger partial charge in [0.25, 0.3) is 10.1 Å². The van der Waals surface area contributed by atoms with Gasteiger partial charge in [-0.15, -0.1) is 0 Å². The molecule has 1 saturated carbocycles. The summed E-state index contributed by atoms with van der Waals surface area (Å²) < 4.78 is 40.0. The van der Waals surface area contributed by atoms with Crippen molar-refractivity contribution in [3.05, 3.63) is 29.8 Å². The minimum atomic E-state index is -4.01. The molecule has 184 valence electrons. The summed E-state index contributed by atoms with van der Waals surface area (Å²) in [5.41, 5.74) is 0.0543. The second-order valence-corrected chi connectivity index (χ2v) is 10.5. The fourth-order valence-electron chi connectivity index (χ4n) is 3.62. The lowest BCUT2D eigenvalue weighted by molar-refractivity contribution is -0.145. The Morgan fingerprint density at radius 1 is 1.15 bits per heavy atom. The molecular formula is C22H31NO9S. The summed E-state index contributed by atoms with van der Waals surface area (Å²) in [7, 11) is -4.01. The number of esters is 1. The van der Waals surface area contributed by atoms with E-state index in [4.69, 9.17) is 13.7 Å². The van der Waals surface area contributed by atoms with Crippen molar-refractivity contribution in [1.82, 2.24) is 5.32 Å². The quantitative estimate of drug-likeness (QED) is 0.377. The Labute approximate surface area is 193 Å². The van der Waals surface area contributed by atoms with Crippen molar-refractivity contribution in [3.63, 3.8) is 0 Å². The Hall–Kier alpha value is -2.66. The average Bonchev–Trinajstić information content (AvgIpc) is 3.38. The molecule has 33 heavy (non-hydrogen) atoms. The topological polar surface area (TPSA) is 145 Å². The van der Waals surface area contributed by atoms with Crippen LogP contribution in [0.4, 0.5) is 4.79 Å². The van der Waals surface area contributed by atoms with E-state index in [1.54, 1.807) is 39.8 Å². The predicted octanol–water partition coefficient (Wildman–Crippen LogP) is 2.49. The molecule has 2 N–H and O–H groups in total. The molecule has 1 aromatic rings. The summed E-state index contributed by atoms with van der Waals surface area (Å²) in [6, 6.07) is 4.73. The molecule has 4 atom stereocenters. The smallest absolute Gasteiger partial charge is 0.408 e. The number of carboxylic acids is 1. The third-order valence-electron chi connectivity index (χ3n) is 5.11. The van der Waals surface area contributed by atoms with E-state index in [-0.39, 0.29) is 24.5 Å². The SMILES string of the molecule is CCOC(=O)C1C(CCOS(=O)(=O)c2ccc(C)cc2)C1C(NC(=O)OC(C)(C)C)C(=O)O. The van der Waals surface area contributed by atoms with Crippen LogP contribution in [0.25, 0.3) is 0 Å². The first kappa shape index (κ1) is 26.6. The van der Waals surface area contributed by atoms with Crippen molar-refractivity contribution in [3.8, 4) is 0 Å². The number of alkyl carbamates (subject to hydrolysis) is 1. The van der Waals surface area contributed by atoms with Gasteiger partial charge in [0.2, 0.25) is 0 Å². The molecule has 0 aromatic heterocycles. The summed E-state index contributed by atoms with van der Waals surface area (Å²) in [4.78, 5) is 36.3. The van der Waals surface area contributed by atoms with Gasteiger partial charge in [0.15, 0.2) is 0 Å². The molecule has 0 heterocycles. The number of rotatable bonds is 10. The summed E-state index contributed by atoms with van der Waals surface area (Å²) >= 11 is 0. The molecule has 0 radical (unpaired) electrons. The lowest BCUT2D eigenvalue weighted by atomic mass is 10.1. The molecule has 1 aliphatic carbocycles. The number of amides is 1. The fraction of sp³-hybridized carbons (Fsp3) is 0.591. The number of aryl methyl sites for hydroxylation is 1. The summed E-state index contributed by atoms with van der Waals surface area (Å²) in [5.74, 6) is -4.10. The van der Waals surface area contributed by atoms with Crippen LogP contribution < -0.4 is 5.32 Å². The van der Waals surface area contributed by atoms with Gasteiger partial charge in [0.1, 0.15) is 11.6 Å². The van der Waals surface area contributed by atoms with Crippen molar-refractivity contribution in [2.45, 2.75) is 57.6 Å². The Kier molecular flexibility index (Phi) is 8.47. The predicted molar refractivity (Wildman–Crippen MR) is 117 cm³/mol. The maximum absolute atomic E-state index is 12.4. The van der Waals surface area contributed by atoms with Crippen molar-refractivity contribution in [2.75, 3.05) is 13.2 Å². The number of nitrogens with one attached hydrogen (secondary N) is 1. The molecule has 11 heteroatoms. The van der Waals surface area contributed by atoms with E-state index in [9.17, 15) is 27.9 Å². The van der Waals surface area contributed by atoms with E-state index in [0.717, 1.165) is 5.56 Å². The number of aliphatic carboxylic acids is 1. The molecule has 1 aliphatic rings. The van der Waals surface area contributed by atoms with E-state index in [1.165, 1.54) is 12.1 Å². The van der Waals surface area contributed by atoms with Crippen LogP contribution in [-0.2, 0) is 33.4 Å². The zero-order valence-corrected chi connectivity index (χ0v) is 20.2. The van der Waals surface area contributed by atoms with Crippen LogP contribution in [0.3, 0.4) is 0 Å². The first-order chi connectivity index (χ1) is 15.3. The lowest BCUT2D eigenvalue weighted by Gasteiger charge is -2.22. The molecule has 1 fully saturated rings. The maximum Gasteiger partial charge on any atom is 0.408 e. The molecule has 0 aliphatic heterocycles. The normalized spacial score (nSPS) is 21.1. The number of carbonyl (C=O) groups is 3. The molecule has 0 saturated heterocycles. The van der Waals surface area contributed by atoms with Gasteiger partial charge in [0.05, 0.1) is 24.0 Å². The number of ether oxygens (including phenoxy) is 2. The minimum Gasteiger partial charge on any atom is -0.480 e. The molecule has 4 unspecified atom stereocenters. The average molecular weight is 486 g/mol. The van der Waals surface area contributed by atoms with Crippen molar-refractivity contribution in [1.29, 1.82) is 0 Å². The summed E-state index contributed by atoms with van der Waals surface area (Å²) in [6.45, 7) is 8.19. The van der Waals surface area contributed by atoms with E-state index < -0.39 is 57.5 Å². The first-order valence-electron chi connectivity index (χ1n) is 10.6. The van der Waals surface area contributed by atoms with E-state index in [2.05, 4.69) is 5.32 Å². The largest absolute Gasteiger partial charge is 0.480 e. The maximum atomic E-state index is 12.4. The van der Waals surface area contributed by atoms with Crippen LogP contribution in [0, 0.1) is 24.7 Å². The second kappa shape index (κ2) is 10.5. The van der Waals surface area contributed by atoms with Gasteiger partial charge in [-0.1, -0.05) is 17.7 Å². The number of hydrogen-bond acceptors (Lipinski definition) is 8. The van der Waals surface area contributed by atoms with E-state index in [0.29, 0.717) is 0 Å². The van der Waals surface area contributed by atoms with Crippen LogP contribution in [0.15, 0.2) is 29.2 Å². The Balaban J connectivity index is 2.09. The number of carbonyl (C=O) groups excluding carboxylic acids is 2. The van der Waals surface area contributed by atoms with Crippen molar-refractivity contribution in [2.24, 2.45) is 17.8 Å². The third-order valence-corrected chi connectivity index (χ3v) is 6.44. The summed E-state index contributed by atoms with van der Waals surface area (Å²) in [5, 5.41) is 12.0. The van der Waals surface area contributed by atoms with Crippen LogP contribution in [0.2, 0.25) is 0 Å². The van der Waals surface area contributed by atoms with Gasteiger partial charge in [-0.05, 0) is 59.1 Å². The number of hydrogen-bond donors (Lipinski definition) is 2. The van der Waals surface area contributed by atoms with Crippen LogP contribution in [-0.4, -0.2) is 56.4 Å². The Morgan fingerprint density at radius 3 is 2.27 bits per heavy atom. The highest BCUT2D eigenvalue weighted by Crippen LogP contribution is 2.51. The molecule has 10 nitrogen and oxygen atoms in total. The first-order valence-corrected chi connectivity index (χ1v) is 12.0. The van der Waals surface area contributed by atoms with Crippen LogP contribution in [0.1, 0.15) is 39.7 Å². The highest BCUT2D eigenvalue weighted by molar-refractivity contribution is 7.86. The molecule has 0 bridgehead atoms. The molecule has 1 aromatic carbocycles. The number of carboxylic acid groups (broad SMARTS) is 1. The van der Waals surface area contributed by atoms with E-state index in [1.807, 2.05) is 6.92 Å². The lowest BCUT2D eigenvalue weighted by Crippen LogP contribution is -2.45. The van der Waals surface area contributed by atoms with Crippen molar-refractivity contribution >= 4 is 28.1 Å². The summed E-state index contributed by atoms with van der Waals surface area (Å²) in [6.07, 6.45) is -0.847. The Bertz CT molecular complexity index is 967. The van der Waals surface area contributed by atoms with Gasteiger partial charge in [-0.25, -0.2) is 9.59 Å².